The average molecular weight is 226 g/mol. The number of allylic oxidation sites excluding steroid dienone is 1. The van der Waals surface area contributed by atoms with Crippen molar-refractivity contribution >= 4 is 6.08 Å². The second-order valence-corrected chi connectivity index (χ2v) is 4.41. The number of rotatable bonds is 4. The number of aromatic nitrogens is 2. The molecular weight excluding hydrogens is 208 g/mol. The van der Waals surface area contributed by atoms with Gasteiger partial charge in [0.25, 0.3) is 0 Å². The zero-order chi connectivity index (χ0) is 12.1. The van der Waals surface area contributed by atoms with Gasteiger partial charge in [-0.3, -0.25) is 0 Å². The van der Waals surface area contributed by atoms with E-state index >= 15 is 0 Å². The molecule has 0 spiro atoms. The Hall–Kier alpha value is -1.83. The third kappa shape index (κ3) is 3.06. The first-order chi connectivity index (χ1) is 8.27. The van der Waals surface area contributed by atoms with Crippen LogP contribution in [-0.4, -0.2) is 9.55 Å². The summed E-state index contributed by atoms with van der Waals surface area (Å²) in [5, 5.41) is 0. The Morgan fingerprint density at radius 1 is 1.24 bits per heavy atom. The molecule has 2 nitrogen and oxygen atoms in total. The molecule has 0 saturated carbocycles. The molecule has 0 fully saturated rings. The molecule has 0 bridgehead atoms. The molecule has 0 aliphatic carbocycles. The van der Waals surface area contributed by atoms with Crippen molar-refractivity contribution in [3.63, 3.8) is 0 Å². The Bertz CT molecular complexity index is 481. The molecule has 0 saturated heterocycles. The van der Waals surface area contributed by atoms with Gasteiger partial charge in [0.2, 0.25) is 0 Å². The van der Waals surface area contributed by atoms with Crippen LogP contribution in [-0.2, 0) is 6.54 Å². The highest BCUT2D eigenvalue weighted by Crippen LogP contribution is 2.11. The lowest BCUT2D eigenvalue weighted by atomic mass is 10.2. The highest BCUT2D eigenvalue weighted by Gasteiger charge is 2.04. The molecule has 0 aliphatic rings. The van der Waals surface area contributed by atoms with Crippen LogP contribution in [0, 0.1) is 0 Å². The topological polar surface area (TPSA) is 17.8 Å². The van der Waals surface area contributed by atoms with Crippen LogP contribution in [0.2, 0.25) is 0 Å². The summed E-state index contributed by atoms with van der Waals surface area (Å²) in [7, 11) is 0. The normalized spacial score (nSPS) is 11.5. The third-order valence-electron chi connectivity index (χ3n) is 2.68. The standard InChI is InChI=1S/C15H18N2/c1-13(2)15-16-10-12-17(15)11-6-9-14-7-4-3-5-8-14/h3-10,12-13H,11H2,1-2H3/b9-6+. The van der Waals surface area contributed by atoms with Crippen molar-refractivity contribution in [3.8, 4) is 0 Å². The van der Waals surface area contributed by atoms with E-state index in [-0.39, 0.29) is 0 Å². The molecule has 1 heterocycles. The fourth-order valence-electron chi connectivity index (χ4n) is 1.84. The lowest BCUT2D eigenvalue weighted by molar-refractivity contribution is 0.679. The lowest BCUT2D eigenvalue weighted by Gasteiger charge is -2.07. The van der Waals surface area contributed by atoms with Crippen LogP contribution in [0.1, 0.15) is 31.2 Å². The molecule has 2 aromatic rings. The Morgan fingerprint density at radius 2 is 2.00 bits per heavy atom. The second-order valence-electron chi connectivity index (χ2n) is 4.41. The molecule has 2 heteroatoms. The fraction of sp³-hybridized carbons (Fsp3) is 0.267. The van der Waals surface area contributed by atoms with E-state index in [0.717, 1.165) is 12.4 Å². The molecule has 1 aromatic carbocycles. The van der Waals surface area contributed by atoms with Gasteiger partial charge in [0.05, 0.1) is 0 Å². The Labute approximate surface area is 103 Å². The number of hydrogen-bond acceptors (Lipinski definition) is 1. The van der Waals surface area contributed by atoms with Crippen molar-refractivity contribution in [3.05, 3.63) is 60.2 Å². The number of imidazole rings is 1. The molecule has 17 heavy (non-hydrogen) atoms. The molecule has 0 amide bonds. The number of nitrogens with zero attached hydrogens (tertiary/aromatic N) is 2. The molecule has 0 N–H and O–H groups in total. The summed E-state index contributed by atoms with van der Waals surface area (Å²) in [6, 6.07) is 10.3. The van der Waals surface area contributed by atoms with Crippen LogP contribution in [0.4, 0.5) is 0 Å². The van der Waals surface area contributed by atoms with Gasteiger partial charge in [0, 0.05) is 24.9 Å². The summed E-state index contributed by atoms with van der Waals surface area (Å²) in [6.45, 7) is 5.21. The lowest BCUT2D eigenvalue weighted by Crippen LogP contribution is -2.02. The minimum atomic E-state index is 0.468. The summed E-state index contributed by atoms with van der Waals surface area (Å²) in [6.07, 6.45) is 8.21. The molecule has 0 radical (unpaired) electrons. The second kappa shape index (κ2) is 5.48. The molecule has 0 atom stereocenters. The predicted molar refractivity (Wildman–Crippen MR) is 71.8 cm³/mol. The van der Waals surface area contributed by atoms with Gasteiger partial charge in [-0.05, 0) is 5.56 Å². The molecule has 0 unspecified atom stereocenters. The third-order valence-corrected chi connectivity index (χ3v) is 2.68. The van der Waals surface area contributed by atoms with Gasteiger partial charge in [-0.15, -0.1) is 0 Å². The largest absolute Gasteiger partial charge is 0.331 e. The summed E-state index contributed by atoms with van der Waals surface area (Å²) >= 11 is 0. The quantitative estimate of drug-likeness (QED) is 0.777. The Balaban J connectivity index is 2.03. The van der Waals surface area contributed by atoms with E-state index in [1.807, 2.05) is 18.5 Å². The van der Waals surface area contributed by atoms with Crippen molar-refractivity contribution < 1.29 is 0 Å². The molecular formula is C15H18N2. The van der Waals surface area contributed by atoms with Crippen LogP contribution >= 0.6 is 0 Å². The minimum Gasteiger partial charge on any atom is -0.331 e. The zero-order valence-corrected chi connectivity index (χ0v) is 10.4. The first kappa shape index (κ1) is 11.6. The fourth-order valence-corrected chi connectivity index (χ4v) is 1.84. The Morgan fingerprint density at radius 3 is 2.71 bits per heavy atom. The summed E-state index contributed by atoms with van der Waals surface area (Å²) < 4.78 is 2.18. The SMILES string of the molecule is CC(C)c1nccn1C/C=C/c1ccccc1. The van der Waals surface area contributed by atoms with E-state index in [4.69, 9.17) is 0 Å². The van der Waals surface area contributed by atoms with Crippen molar-refractivity contribution in [2.45, 2.75) is 26.3 Å². The number of benzene rings is 1. The van der Waals surface area contributed by atoms with E-state index in [2.05, 4.69) is 59.8 Å². The van der Waals surface area contributed by atoms with Crippen LogP contribution < -0.4 is 0 Å². The van der Waals surface area contributed by atoms with Crippen LogP contribution in [0.5, 0.6) is 0 Å². The molecule has 0 aliphatic heterocycles. The van der Waals surface area contributed by atoms with E-state index in [0.29, 0.717) is 5.92 Å². The summed E-state index contributed by atoms with van der Waals surface area (Å²) in [5.74, 6) is 1.61. The molecule has 88 valence electrons. The molecule has 2 rings (SSSR count). The maximum absolute atomic E-state index is 4.37. The van der Waals surface area contributed by atoms with E-state index in [9.17, 15) is 0 Å². The van der Waals surface area contributed by atoms with E-state index in [1.165, 1.54) is 5.56 Å². The minimum absolute atomic E-state index is 0.468. The maximum Gasteiger partial charge on any atom is 0.111 e. The zero-order valence-electron chi connectivity index (χ0n) is 10.4. The van der Waals surface area contributed by atoms with Crippen molar-refractivity contribution in [1.29, 1.82) is 0 Å². The highest BCUT2D eigenvalue weighted by molar-refractivity contribution is 5.48. The van der Waals surface area contributed by atoms with Gasteiger partial charge in [0.15, 0.2) is 0 Å². The van der Waals surface area contributed by atoms with Gasteiger partial charge in [0.1, 0.15) is 5.82 Å². The van der Waals surface area contributed by atoms with Crippen molar-refractivity contribution in [1.82, 2.24) is 9.55 Å². The van der Waals surface area contributed by atoms with Crippen molar-refractivity contribution in [2.24, 2.45) is 0 Å². The van der Waals surface area contributed by atoms with Gasteiger partial charge in [-0.1, -0.05) is 56.3 Å². The van der Waals surface area contributed by atoms with Crippen LogP contribution in [0.3, 0.4) is 0 Å². The first-order valence-corrected chi connectivity index (χ1v) is 6.00. The van der Waals surface area contributed by atoms with Gasteiger partial charge < -0.3 is 4.57 Å². The van der Waals surface area contributed by atoms with Crippen molar-refractivity contribution in [2.75, 3.05) is 0 Å². The highest BCUT2D eigenvalue weighted by atomic mass is 15.1. The monoisotopic (exact) mass is 226 g/mol. The number of hydrogen-bond donors (Lipinski definition) is 0. The molecule has 1 aromatic heterocycles. The van der Waals surface area contributed by atoms with Gasteiger partial charge >= 0.3 is 0 Å². The average Bonchev–Trinajstić information content (AvgIpc) is 2.79. The van der Waals surface area contributed by atoms with E-state index in [1.54, 1.807) is 0 Å². The Kier molecular flexibility index (Phi) is 3.76. The van der Waals surface area contributed by atoms with Gasteiger partial charge in [-0.25, -0.2) is 4.98 Å². The van der Waals surface area contributed by atoms with Crippen LogP contribution in [0.25, 0.3) is 6.08 Å². The van der Waals surface area contributed by atoms with Crippen LogP contribution in [0.15, 0.2) is 48.8 Å². The maximum atomic E-state index is 4.37. The first-order valence-electron chi connectivity index (χ1n) is 6.00. The summed E-state index contributed by atoms with van der Waals surface area (Å²) in [5.41, 5.74) is 1.23. The van der Waals surface area contributed by atoms with Gasteiger partial charge in [-0.2, -0.15) is 0 Å². The summed E-state index contributed by atoms with van der Waals surface area (Å²) in [4.78, 5) is 4.37. The predicted octanol–water partition coefficient (Wildman–Crippen LogP) is 3.72. The smallest absolute Gasteiger partial charge is 0.111 e. The van der Waals surface area contributed by atoms with E-state index < -0.39 is 0 Å².